The van der Waals surface area contributed by atoms with Crippen LogP contribution in [0.5, 0.6) is 0 Å². The van der Waals surface area contributed by atoms with E-state index in [0.29, 0.717) is 12.6 Å². The minimum absolute atomic E-state index is 0.203. The Bertz CT molecular complexity index is 442. The average molecular weight is 260 g/mol. The Morgan fingerprint density at radius 1 is 1.37 bits per heavy atom. The minimum atomic E-state index is 0.203. The summed E-state index contributed by atoms with van der Waals surface area (Å²) in [5.41, 5.74) is 8.58. The van der Waals surface area contributed by atoms with Gasteiger partial charge >= 0.3 is 0 Å². The molecule has 104 valence electrons. The smallest absolute Gasteiger partial charge is 0.0702 e. The highest BCUT2D eigenvalue weighted by Gasteiger charge is 2.43. The van der Waals surface area contributed by atoms with Gasteiger partial charge in [0.15, 0.2) is 0 Å². The first kappa shape index (κ1) is 12.9. The van der Waals surface area contributed by atoms with E-state index in [4.69, 9.17) is 10.5 Å². The lowest BCUT2D eigenvalue weighted by Gasteiger charge is -2.49. The lowest BCUT2D eigenvalue weighted by molar-refractivity contribution is -0.132. The summed E-state index contributed by atoms with van der Waals surface area (Å²) in [6, 6.07) is 9.07. The molecule has 0 radical (unpaired) electrons. The maximum Gasteiger partial charge on any atom is 0.0702 e. The van der Waals surface area contributed by atoms with Crippen LogP contribution in [0.15, 0.2) is 24.3 Å². The van der Waals surface area contributed by atoms with E-state index in [1.165, 1.54) is 36.9 Å². The van der Waals surface area contributed by atoms with Gasteiger partial charge in [-0.1, -0.05) is 18.2 Å². The Labute approximate surface area is 115 Å². The Morgan fingerprint density at radius 3 is 2.84 bits per heavy atom. The summed E-state index contributed by atoms with van der Waals surface area (Å²) in [6.45, 7) is 1.51. The minimum Gasteiger partial charge on any atom is -0.375 e. The van der Waals surface area contributed by atoms with Gasteiger partial charge in [-0.2, -0.15) is 0 Å². The van der Waals surface area contributed by atoms with Gasteiger partial charge in [-0.25, -0.2) is 0 Å². The van der Waals surface area contributed by atoms with Crippen LogP contribution in [0, 0.1) is 0 Å². The summed E-state index contributed by atoms with van der Waals surface area (Å²) < 4.78 is 6.02. The van der Waals surface area contributed by atoms with E-state index in [1.807, 2.05) is 0 Å². The van der Waals surface area contributed by atoms with E-state index in [1.54, 1.807) is 0 Å². The van der Waals surface area contributed by atoms with Crippen LogP contribution in [0.3, 0.4) is 0 Å². The van der Waals surface area contributed by atoms with E-state index in [2.05, 4.69) is 36.2 Å². The highest BCUT2D eigenvalue weighted by Crippen LogP contribution is 2.43. The van der Waals surface area contributed by atoms with Crippen molar-refractivity contribution in [2.45, 2.75) is 50.3 Å². The third kappa shape index (κ3) is 2.37. The quantitative estimate of drug-likeness (QED) is 0.908. The number of nitrogens with zero attached hydrogens (tertiary/aromatic N) is 1. The first-order valence-electron chi connectivity index (χ1n) is 7.39. The predicted octanol–water partition coefficient (Wildman–Crippen LogP) is 2.68. The monoisotopic (exact) mass is 260 g/mol. The molecular formula is C16H24N2O. The van der Waals surface area contributed by atoms with Crippen LogP contribution < -0.4 is 10.6 Å². The van der Waals surface area contributed by atoms with Gasteiger partial charge in [-0.3, -0.25) is 0 Å². The molecule has 3 rings (SSSR count). The fourth-order valence-electron chi connectivity index (χ4n) is 3.48. The lowest BCUT2D eigenvalue weighted by Crippen LogP contribution is -2.51. The summed E-state index contributed by atoms with van der Waals surface area (Å²) in [7, 11) is 2.21. The summed E-state index contributed by atoms with van der Waals surface area (Å²) in [4.78, 5) is 2.42. The summed E-state index contributed by atoms with van der Waals surface area (Å²) >= 11 is 0. The van der Waals surface area contributed by atoms with Crippen LogP contribution in [-0.2, 0) is 11.3 Å². The maximum absolute atomic E-state index is 6.02. The highest BCUT2D eigenvalue weighted by molar-refractivity contribution is 5.54. The molecule has 2 N–H and O–H groups in total. The second kappa shape index (κ2) is 5.14. The molecule has 1 spiro atoms. The molecule has 1 aromatic rings. The van der Waals surface area contributed by atoms with Crippen molar-refractivity contribution >= 4 is 5.69 Å². The topological polar surface area (TPSA) is 38.5 Å². The molecule has 1 saturated carbocycles. The number of nitrogens with two attached hydrogens (primary N) is 1. The van der Waals surface area contributed by atoms with Crippen molar-refractivity contribution in [1.29, 1.82) is 0 Å². The van der Waals surface area contributed by atoms with Crippen molar-refractivity contribution in [3.05, 3.63) is 29.8 Å². The van der Waals surface area contributed by atoms with E-state index >= 15 is 0 Å². The third-order valence-electron chi connectivity index (χ3n) is 4.87. The molecule has 19 heavy (non-hydrogen) atoms. The summed E-state index contributed by atoms with van der Waals surface area (Å²) in [5, 5.41) is 0. The van der Waals surface area contributed by atoms with Crippen molar-refractivity contribution in [2.75, 3.05) is 18.6 Å². The zero-order valence-electron chi connectivity index (χ0n) is 11.8. The molecule has 1 unspecified atom stereocenters. The normalized spacial score (nSPS) is 25.1. The van der Waals surface area contributed by atoms with Gasteiger partial charge in [-0.05, 0) is 43.7 Å². The van der Waals surface area contributed by atoms with Crippen LogP contribution >= 0.6 is 0 Å². The van der Waals surface area contributed by atoms with Gasteiger partial charge in [0.1, 0.15) is 0 Å². The standard InChI is InChI=1S/C16H24N2O/c1-18(15-6-3-2-5-13(15)12-17)14-7-10-19-16(11-14)8-4-9-16/h2-3,5-6,14H,4,7-12,17H2,1H3. The zero-order valence-corrected chi connectivity index (χ0v) is 11.8. The van der Waals surface area contributed by atoms with E-state index in [9.17, 15) is 0 Å². The Hall–Kier alpha value is -1.06. The number of rotatable bonds is 3. The molecule has 1 heterocycles. The number of hydrogen-bond donors (Lipinski definition) is 1. The number of hydrogen-bond acceptors (Lipinski definition) is 3. The maximum atomic E-state index is 6.02. The second-order valence-corrected chi connectivity index (χ2v) is 5.98. The van der Waals surface area contributed by atoms with E-state index in [0.717, 1.165) is 13.0 Å². The van der Waals surface area contributed by atoms with Gasteiger partial charge < -0.3 is 15.4 Å². The SMILES string of the molecule is CN(c1ccccc1CN)C1CCOC2(CCC2)C1. The fourth-order valence-corrected chi connectivity index (χ4v) is 3.48. The van der Waals surface area contributed by atoms with Gasteiger partial charge in [0, 0.05) is 31.9 Å². The largest absolute Gasteiger partial charge is 0.375 e. The Kier molecular flexibility index (Phi) is 3.50. The molecule has 1 saturated heterocycles. The molecule has 1 atom stereocenters. The molecule has 3 nitrogen and oxygen atoms in total. The van der Waals surface area contributed by atoms with Crippen LogP contribution in [0.25, 0.3) is 0 Å². The zero-order chi connectivity index (χ0) is 13.3. The molecule has 3 heteroatoms. The van der Waals surface area contributed by atoms with Gasteiger partial charge in [-0.15, -0.1) is 0 Å². The number of ether oxygens (including phenoxy) is 1. The van der Waals surface area contributed by atoms with Crippen molar-refractivity contribution in [2.24, 2.45) is 5.73 Å². The fraction of sp³-hybridized carbons (Fsp3) is 0.625. The highest BCUT2D eigenvalue weighted by atomic mass is 16.5. The van der Waals surface area contributed by atoms with Crippen LogP contribution in [-0.4, -0.2) is 25.3 Å². The molecular weight excluding hydrogens is 236 g/mol. The van der Waals surface area contributed by atoms with Crippen molar-refractivity contribution < 1.29 is 4.74 Å². The van der Waals surface area contributed by atoms with E-state index < -0.39 is 0 Å². The first-order valence-corrected chi connectivity index (χ1v) is 7.39. The van der Waals surface area contributed by atoms with Gasteiger partial charge in [0.25, 0.3) is 0 Å². The molecule has 2 aliphatic rings. The molecule has 1 aromatic carbocycles. The Balaban J connectivity index is 1.77. The Morgan fingerprint density at radius 2 is 2.16 bits per heavy atom. The number of anilines is 1. The van der Waals surface area contributed by atoms with Crippen molar-refractivity contribution in [3.8, 4) is 0 Å². The lowest BCUT2D eigenvalue weighted by atomic mass is 9.73. The second-order valence-electron chi connectivity index (χ2n) is 5.98. The van der Waals surface area contributed by atoms with Crippen molar-refractivity contribution in [1.82, 2.24) is 0 Å². The molecule has 2 fully saturated rings. The molecule has 0 amide bonds. The van der Waals surface area contributed by atoms with Crippen molar-refractivity contribution in [3.63, 3.8) is 0 Å². The van der Waals surface area contributed by atoms with Gasteiger partial charge in [0.2, 0.25) is 0 Å². The summed E-state index contributed by atoms with van der Waals surface area (Å²) in [6.07, 6.45) is 6.11. The molecule has 0 aromatic heterocycles. The number of para-hydroxylation sites is 1. The van der Waals surface area contributed by atoms with Crippen LogP contribution in [0.4, 0.5) is 5.69 Å². The number of benzene rings is 1. The molecule has 1 aliphatic heterocycles. The third-order valence-corrected chi connectivity index (χ3v) is 4.87. The summed E-state index contributed by atoms with van der Waals surface area (Å²) in [5.74, 6) is 0. The predicted molar refractivity (Wildman–Crippen MR) is 78.3 cm³/mol. The van der Waals surface area contributed by atoms with Crippen LogP contribution in [0.1, 0.15) is 37.7 Å². The van der Waals surface area contributed by atoms with E-state index in [-0.39, 0.29) is 5.60 Å². The van der Waals surface area contributed by atoms with Gasteiger partial charge in [0.05, 0.1) is 5.60 Å². The molecule has 1 aliphatic carbocycles. The average Bonchev–Trinajstić information content (AvgIpc) is 2.45. The first-order chi connectivity index (χ1) is 9.24. The molecule has 0 bridgehead atoms. The van der Waals surface area contributed by atoms with Crippen LogP contribution in [0.2, 0.25) is 0 Å².